The van der Waals surface area contributed by atoms with Crippen LogP contribution >= 0.6 is 0 Å². The van der Waals surface area contributed by atoms with Crippen molar-refractivity contribution in [2.75, 3.05) is 36.6 Å². The Morgan fingerprint density at radius 1 is 0.939 bits per heavy atom. The normalized spacial score (nSPS) is 11.3. The van der Waals surface area contributed by atoms with Gasteiger partial charge in [-0.05, 0) is 48.5 Å². The molecule has 0 unspecified atom stereocenters. The molecule has 0 radical (unpaired) electrons. The molecular formula is C22H26N6O4S. The summed E-state index contributed by atoms with van der Waals surface area (Å²) in [5.41, 5.74) is 8.21. The van der Waals surface area contributed by atoms with E-state index in [0.29, 0.717) is 41.7 Å². The first-order valence-corrected chi connectivity index (χ1v) is 11.7. The summed E-state index contributed by atoms with van der Waals surface area (Å²) >= 11 is 0. The zero-order valence-corrected chi connectivity index (χ0v) is 19.4. The Balaban J connectivity index is 1.76. The molecule has 0 spiro atoms. The fourth-order valence-electron chi connectivity index (χ4n) is 3.10. The number of nitrogens with one attached hydrogen (secondary N) is 2. The van der Waals surface area contributed by atoms with E-state index in [1.807, 2.05) is 0 Å². The second-order valence-electron chi connectivity index (χ2n) is 6.92. The largest absolute Gasteiger partial charge is 0.465 e. The van der Waals surface area contributed by atoms with E-state index in [2.05, 4.69) is 20.6 Å². The van der Waals surface area contributed by atoms with Gasteiger partial charge in [0.05, 0.1) is 17.6 Å². The molecule has 10 nitrogen and oxygen atoms in total. The highest BCUT2D eigenvalue weighted by atomic mass is 32.2. The first-order valence-electron chi connectivity index (χ1n) is 10.2. The van der Waals surface area contributed by atoms with Gasteiger partial charge >= 0.3 is 5.97 Å². The van der Waals surface area contributed by atoms with Crippen LogP contribution in [0.15, 0.2) is 59.8 Å². The molecule has 174 valence electrons. The van der Waals surface area contributed by atoms with Crippen molar-refractivity contribution < 1.29 is 17.9 Å². The van der Waals surface area contributed by atoms with Crippen molar-refractivity contribution in [3.05, 3.63) is 60.4 Å². The van der Waals surface area contributed by atoms with Crippen LogP contribution in [0.1, 0.15) is 24.2 Å². The second kappa shape index (κ2) is 10.3. The summed E-state index contributed by atoms with van der Waals surface area (Å²) in [5, 5.41) is 6.16. The Morgan fingerprint density at radius 2 is 1.42 bits per heavy atom. The van der Waals surface area contributed by atoms with E-state index in [0.717, 1.165) is 0 Å². The summed E-state index contributed by atoms with van der Waals surface area (Å²) in [5.74, 6) is 0.308. The number of hydrogen-bond donors (Lipinski definition) is 3. The van der Waals surface area contributed by atoms with E-state index in [1.165, 1.54) is 29.9 Å². The number of sulfonamides is 1. The van der Waals surface area contributed by atoms with Crippen LogP contribution < -0.4 is 16.4 Å². The number of nitrogen functional groups attached to an aromatic ring is 1. The van der Waals surface area contributed by atoms with Gasteiger partial charge < -0.3 is 21.1 Å². The average molecular weight is 471 g/mol. The first-order chi connectivity index (χ1) is 15.8. The number of esters is 1. The number of carbonyl (C=O) groups excluding carboxylic acids is 1. The van der Waals surface area contributed by atoms with Gasteiger partial charge in [0, 0.05) is 24.5 Å². The van der Waals surface area contributed by atoms with E-state index in [-0.39, 0.29) is 10.6 Å². The van der Waals surface area contributed by atoms with Crippen LogP contribution in [0, 0.1) is 0 Å². The number of ether oxygens (including phenoxy) is 1. The highest BCUT2D eigenvalue weighted by Gasteiger charge is 2.21. The highest BCUT2D eigenvalue weighted by molar-refractivity contribution is 7.89. The van der Waals surface area contributed by atoms with Gasteiger partial charge in [0.2, 0.25) is 10.0 Å². The number of nitrogens with zero attached hydrogens (tertiary/aromatic N) is 3. The van der Waals surface area contributed by atoms with Crippen molar-refractivity contribution >= 4 is 44.7 Å². The maximum absolute atomic E-state index is 12.6. The van der Waals surface area contributed by atoms with E-state index >= 15 is 0 Å². The fraction of sp³-hybridized carbons (Fsp3) is 0.227. The molecule has 3 aromatic rings. The average Bonchev–Trinajstić information content (AvgIpc) is 2.82. The topological polar surface area (TPSA) is 140 Å². The van der Waals surface area contributed by atoms with E-state index in [4.69, 9.17) is 10.5 Å². The lowest BCUT2D eigenvalue weighted by Crippen LogP contribution is -2.30. The number of anilines is 5. The quantitative estimate of drug-likeness (QED) is 0.402. The Morgan fingerprint density at radius 3 is 1.88 bits per heavy atom. The lowest BCUT2D eigenvalue weighted by atomic mass is 10.2. The lowest BCUT2D eigenvalue weighted by molar-refractivity contribution is 0.0600. The fourth-order valence-corrected chi connectivity index (χ4v) is 4.56. The van der Waals surface area contributed by atoms with Gasteiger partial charge in [-0.2, -0.15) is 4.31 Å². The Hall–Kier alpha value is -3.70. The molecule has 33 heavy (non-hydrogen) atoms. The minimum absolute atomic E-state index is 0.213. The van der Waals surface area contributed by atoms with Crippen LogP contribution in [0.4, 0.5) is 28.7 Å². The van der Waals surface area contributed by atoms with Crippen molar-refractivity contribution in [1.29, 1.82) is 0 Å². The Kier molecular flexibility index (Phi) is 7.46. The lowest BCUT2D eigenvalue weighted by Gasteiger charge is -2.18. The van der Waals surface area contributed by atoms with Crippen molar-refractivity contribution in [2.45, 2.75) is 18.7 Å². The minimum Gasteiger partial charge on any atom is -0.465 e. The third kappa shape index (κ3) is 5.38. The summed E-state index contributed by atoms with van der Waals surface area (Å²) in [4.78, 5) is 20.1. The van der Waals surface area contributed by atoms with Crippen molar-refractivity contribution in [3.8, 4) is 0 Å². The summed E-state index contributed by atoms with van der Waals surface area (Å²) in [6.07, 6.45) is 1.35. The van der Waals surface area contributed by atoms with Crippen LogP contribution in [-0.2, 0) is 14.8 Å². The number of carbonyl (C=O) groups is 1. The molecule has 0 fully saturated rings. The van der Waals surface area contributed by atoms with Gasteiger partial charge in [-0.25, -0.2) is 23.2 Å². The molecule has 0 atom stereocenters. The molecule has 0 saturated heterocycles. The van der Waals surface area contributed by atoms with Crippen LogP contribution in [0.3, 0.4) is 0 Å². The third-order valence-corrected chi connectivity index (χ3v) is 6.98. The van der Waals surface area contributed by atoms with Gasteiger partial charge in [-0.3, -0.25) is 0 Å². The van der Waals surface area contributed by atoms with Crippen molar-refractivity contribution in [3.63, 3.8) is 0 Å². The minimum atomic E-state index is -3.53. The Labute approximate surface area is 192 Å². The smallest absolute Gasteiger partial charge is 0.337 e. The van der Waals surface area contributed by atoms with Gasteiger partial charge in [-0.15, -0.1) is 0 Å². The SMILES string of the molecule is CCN(CC)S(=O)(=O)c1ccc(Nc2ncnc(Nc3ccc(C(=O)OC)cc3)c2N)cc1. The summed E-state index contributed by atoms with van der Waals surface area (Å²) in [6.45, 7) is 4.40. The monoisotopic (exact) mass is 470 g/mol. The zero-order valence-electron chi connectivity index (χ0n) is 18.6. The molecule has 4 N–H and O–H groups in total. The zero-order chi connectivity index (χ0) is 24.0. The highest BCUT2D eigenvalue weighted by Crippen LogP contribution is 2.29. The maximum Gasteiger partial charge on any atom is 0.337 e. The van der Waals surface area contributed by atoms with E-state index < -0.39 is 16.0 Å². The molecular weight excluding hydrogens is 444 g/mol. The molecule has 0 aliphatic carbocycles. The summed E-state index contributed by atoms with van der Waals surface area (Å²) in [7, 11) is -2.21. The van der Waals surface area contributed by atoms with Gasteiger partial charge in [0.15, 0.2) is 11.6 Å². The third-order valence-electron chi connectivity index (χ3n) is 4.91. The molecule has 0 aliphatic heterocycles. The van der Waals surface area contributed by atoms with Crippen LogP contribution in [-0.4, -0.2) is 48.9 Å². The van der Waals surface area contributed by atoms with Gasteiger partial charge in [0.25, 0.3) is 0 Å². The number of methoxy groups -OCH3 is 1. The standard InChI is InChI=1S/C22H26N6O4S/c1-4-28(5-2)33(30,31)18-12-10-17(11-13-18)27-21-19(23)20(24-14-25-21)26-16-8-6-15(7-9-16)22(29)32-3/h6-14H,4-5,23H2,1-3H3,(H2,24,25,26,27). The first kappa shape index (κ1) is 24.0. The van der Waals surface area contributed by atoms with Crippen LogP contribution in [0.25, 0.3) is 0 Å². The number of aromatic nitrogens is 2. The van der Waals surface area contributed by atoms with Gasteiger partial charge in [-0.1, -0.05) is 13.8 Å². The molecule has 3 rings (SSSR count). The summed E-state index contributed by atoms with van der Waals surface area (Å²) in [6, 6.07) is 13.0. The summed E-state index contributed by atoms with van der Waals surface area (Å²) < 4.78 is 31.4. The molecule has 11 heteroatoms. The van der Waals surface area contributed by atoms with Gasteiger partial charge in [0.1, 0.15) is 12.0 Å². The van der Waals surface area contributed by atoms with Crippen LogP contribution in [0.2, 0.25) is 0 Å². The number of benzene rings is 2. The number of hydrogen-bond acceptors (Lipinski definition) is 9. The number of nitrogens with two attached hydrogens (primary N) is 1. The predicted molar refractivity (Wildman–Crippen MR) is 127 cm³/mol. The van der Waals surface area contributed by atoms with Crippen molar-refractivity contribution in [1.82, 2.24) is 14.3 Å². The second-order valence-corrected chi connectivity index (χ2v) is 8.86. The molecule has 0 bridgehead atoms. The Bertz CT molecular complexity index is 1210. The number of rotatable bonds is 9. The molecule has 1 heterocycles. The molecule has 2 aromatic carbocycles. The van der Waals surface area contributed by atoms with Crippen LogP contribution in [0.5, 0.6) is 0 Å². The molecule has 0 saturated carbocycles. The van der Waals surface area contributed by atoms with E-state index in [9.17, 15) is 13.2 Å². The molecule has 0 amide bonds. The van der Waals surface area contributed by atoms with Crippen molar-refractivity contribution in [2.24, 2.45) is 0 Å². The predicted octanol–water partition coefficient (Wildman–Crippen LogP) is 3.36. The maximum atomic E-state index is 12.6. The molecule has 1 aromatic heterocycles. The molecule has 0 aliphatic rings. The van der Waals surface area contributed by atoms with E-state index in [1.54, 1.807) is 50.2 Å².